The quantitative estimate of drug-likeness (QED) is 0.282. The van der Waals surface area contributed by atoms with Crippen LogP contribution in [-0.2, 0) is 34.1 Å². The van der Waals surface area contributed by atoms with E-state index in [4.69, 9.17) is 0 Å². The second-order valence-corrected chi connectivity index (χ2v) is 9.05. The fourth-order valence-corrected chi connectivity index (χ4v) is 5.00. The number of benzene rings is 4. The van der Waals surface area contributed by atoms with Crippen molar-refractivity contribution in [2.45, 2.75) is 0 Å². The zero-order valence-electron chi connectivity index (χ0n) is 16.5. The van der Waals surface area contributed by atoms with E-state index in [-0.39, 0.29) is 0 Å². The summed E-state index contributed by atoms with van der Waals surface area (Å²) in [6, 6.07) is 41.8. The molecule has 30 heavy (non-hydrogen) atoms. The van der Waals surface area contributed by atoms with Gasteiger partial charge < -0.3 is 0 Å². The maximum absolute atomic E-state index is 2.28. The van der Waals surface area contributed by atoms with Crippen LogP contribution in [0.3, 0.4) is 0 Å². The summed E-state index contributed by atoms with van der Waals surface area (Å²) in [5, 5.41) is 0. The van der Waals surface area contributed by atoms with Crippen LogP contribution in [0.2, 0.25) is 0 Å². The van der Waals surface area contributed by atoms with Crippen molar-refractivity contribution in [1.82, 2.24) is 0 Å². The van der Waals surface area contributed by atoms with Gasteiger partial charge in [0, 0.05) is 0 Å². The molecule has 0 radical (unpaired) electrons. The molecule has 0 heterocycles. The predicted molar refractivity (Wildman–Crippen MR) is 126 cm³/mol. The van der Waals surface area contributed by atoms with Crippen LogP contribution < -0.4 is 0 Å². The Morgan fingerprint density at radius 2 is 0.500 bits per heavy atom. The minimum absolute atomic E-state index is 0.543. The van der Waals surface area contributed by atoms with E-state index in [9.17, 15) is 0 Å². The van der Waals surface area contributed by atoms with Gasteiger partial charge in [-0.3, -0.25) is 0 Å². The Hall–Kier alpha value is -2.32. The van der Waals surface area contributed by atoms with Gasteiger partial charge in [-0.25, -0.2) is 0 Å². The van der Waals surface area contributed by atoms with E-state index in [1.807, 2.05) is 24.3 Å². The second kappa shape index (κ2) is 13.8. The zero-order chi connectivity index (χ0) is 20.7. The third kappa shape index (κ3) is 9.01. The molecule has 0 unspecified atom stereocenters. The molecule has 0 nitrogen and oxygen atoms in total. The molecule has 0 aromatic heterocycles. The first-order valence-corrected chi connectivity index (χ1v) is 13.1. The van der Waals surface area contributed by atoms with Crippen molar-refractivity contribution in [3.63, 3.8) is 0 Å². The monoisotopic (exact) mass is 572 g/mol. The molecule has 0 saturated heterocycles. The first-order valence-electron chi connectivity index (χ1n) is 9.53. The summed E-state index contributed by atoms with van der Waals surface area (Å²) in [4.78, 5) is 0. The number of hydrogen-bond donors (Lipinski definition) is 0. The molecule has 2 heteroatoms. The molecule has 0 N–H and O–H groups in total. The molecule has 0 atom stereocenters. The van der Waals surface area contributed by atoms with Crippen LogP contribution in [0.15, 0.2) is 121 Å². The molecule has 0 spiro atoms. The summed E-state index contributed by atoms with van der Waals surface area (Å²) in [6.07, 6.45) is 0. The zero-order valence-corrected chi connectivity index (χ0v) is 19.6. The summed E-state index contributed by atoms with van der Waals surface area (Å²) in [7, 11) is 0. The van der Waals surface area contributed by atoms with Crippen molar-refractivity contribution < 1.29 is 34.1 Å². The van der Waals surface area contributed by atoms with Gasteiger partial charge in [0.2, 0.25) is 0 Å². The van der Waals surface area contributed by atoms with Gasteiger partial charge in [0.1, 0.15) is 0 Å². The van der Waals surface area contributed by atoms with Crippen LogP contribution in [-0.4, -0.2) is 17.9 Å². The molecular formula is C28H24Pd2. The van der Waals surface area contributed by atoms with Crippen LogP contribution in [0.1, 0.15) is 22.3 Å². The topological polar surface area (TPSA) is 0 Å². The van der Waals surface area contributed by atoms with E-state index in [1.54, 1.807) is 0 Å². The summed E-state index contributed by atoms with van der Waals surface area (Å²) < 4.78 is 9.12. The molecule has 156 valence electrons. The van der Waals surface area contributed by atoms with Gasteiger partial charge in [-0.2, -0.15) is 0 Å². The van der Waals surface area contributed by atoms with Crippen molar-refractivity contribution in [2.24, 2.45) is 0 Å². The van der Waals surface area contributed by atoms with Crippen molar-refractivity contribution in [3.8, 4) is 0 Å². The third-order valence-electron chi connectivity index (χ3n) is 3.83. The average molecular weight is 573 g/mol. The summed E-state index contributed by atoms with van der Waals surface area (Å²) in [5.41, 5.74) is 5.22. The Balaban J connectivity index is 0.000000171. The van der Waals surface area contributed by atoms with Crippen molar-refractivity contribution in [3.05, 3.63) is 144 Å². The molecule has 0 amide bonds. The van der Waals surface area contributed by atoms with Crippen LogP contribution in [0.5, 0.6) is 0 Å². The van der Waals surface area contributed by atoms with Crippen LogP contribution in [0, 0.1) is 0 Å². The molecule has 4 aromatic rings. The fourth-order valence-electron chi connectivity index (χ4n) is 2.35. The normalized spacial score (nSPS) is 9.87. The summed E-state index contributed by atoms with van der Waals surface area (Å²) in [6.45, 7) is 0. The summed E-state index contributed by atoms with van der Waals surface area (Å²) >= 11 is 1.09. The molecule has 4 rings (SSSR count). The summed E-state index contributed by atoms with van der Waals surface area (Å²) in [5.74, 6) is 0. The number of rotatable bonds is 4. The number of hydrogen-bond acceptors (Lipinski definition) is 0. The molecular weight excluding hydrogens is 549 g/mol. The second-order valence-electron chi connectivity index (χ2n) is 6.22. The molecule has 0 saturated carbocycles. The van der Waals surface area contributed by atoms with Gasteiger partial charge in [-0.05, 0) is 0 Å². The molecule has 0 bridgehead atoms. The Kier molecular flexibility index (Phi) is 10.3. The molecule has 0 fully saturated rings. The molecule has 4 aromatic carbocycles. The van der Waals surface area contributed by atoms with Crippen molar-refractivity contribution in [2.75, 3.05) is 0 Å². The maximum atomic E-state index is 2.28. The Morgan fingerprint density at radius 3 is 0.700 bits per heavy atom. The first kappa shape index (κ1) is 22.4. The van der Waals surface area contributed by atoms with E-state index in [2.05, 4.69) is 115 Å². The Morgan fingerprint density at radius 1 is 0.300 bits per heavy atom. The van der Waals surface area contributed by atoms with Crippen LogP contribution in [0.25, 0.3) is 0 Å². The van der Waals surface area contributed by atoms with Gasteiger partial charge in [-0.15, -0.1) is 0 Å². The van der Waals surface area contributed by atoms with Gasteiger partial charge in [0.15, 0.2) is 0 Å². The van der Waals surface area contributed by atoms with E-state index >= 15 is 0 Å². The van der Waals surface area contributed by atoms with Gasteiger partial charge >= 0.3 is 196 Å². The molecule has 0 aliphatic heterocycles. The van der Waals surface area contributed by atoms with Gasteiger partial charge in [-0.1, -0.05) is 0 Å². The van der Waals surface area contributed by atoms with E-state index in [0.29, 0.717) is 34.1 Å². The molecule has 0 aliphatic carbocycles. The van der Waals surface area contributed by atoms with Gasteiger partial charge in [0.05, 0.1) is 0 Å². The van der Waals surface area contributed by atoms with E-state index in [1.165, 1.54) is 22.3 Å². The predicted octanol–water partition coefficient (Wildman–Crippen LogP) is 5.54. The third-order valence-corrected chi connectivity index (χ3v) is 6.94. The first-order chi connectivity index (χ1) is 14.9. The van der Waals surface area contributed by atoms with Crippen LogP contribution >= 0.6 is 0 Å². The minimum atomic E-state index is 0.543. The standard InChI is InChI=1S/4C7H6.2Pd/c4*1-7-5-3-2-4-6-7;;/h4*1-6H;;. The van der Waals surface area contributed by atoms with E-state index < -0.39 is 0 Å². The Bertz CT molecular complexity index is 938. The molecule has 0 aliphatic rings. The fraction of sp³-hybridized carbons (Fsp3) is 0. The van der Waals surface area contributed by atoms with Crippen molar-refractivity contribution >= 4 is 17.9 Å². The average Bonchev–Trinajstić information content (AvgIpc) is 2.82. The SMILES string of the molecule is [CH](=[Pd]=[CH]c1ccccc1)c1ccccc1.[CH](=[Pd]=[CH]c1ccccc1)c1ccccc1. The Labute approximate surface area is 194 Å². The van der Waals surface area contributed by atoms with E-state index in [0.717, 1.165) is 0 Å². The van der Waals surface area contributed by atoms with Crippen molar-refractivity contribution in [1.29, 1.82) is 0 Å². The van der Waals surface area contributed by atoms with Gasteiger partial charge in [0.25, 0.3) is 0 Å². The van der Waals surface area contributed by atoms with Crippen LogP contribution in [0.4, 0.5) is 0 Å².